The molecule has 0 atom stereocenters. The van der Waals surface area contributed by atoms with Gasteiger partial charge in [0.25, 0.3) is 0 Å². The maximum absolute atomic E-state index is 5.47. The lowest BCUT2D eigenvalue weighted by Crippen LogP contribution is -2.36. The summed E-state index contributed by atoms with van der Waals surface area (Å²) in [6, 6.07) is 6.12. The van der Waals surface area contributed by atoms with E-state index in [4.69, 9.17) is 14.7 Å². The van der Waals surface area contributed by atoms with E-state index in [0.29, 0.717) is 0 Å². The van der Waals surface area contributed by atoms with Crippen molar-refractivity contribution in [1.29, 1.82) is 0 Å². The Hall–Kier alpha value is -2.00. The van der Waals surface area contributed by atoms with Gasteiger partial charge in [-0.15, -0.1) is 11.3 Å². The summed E-state index contributed by atoms with van der Waals surface area (Å²) in [5, 5.41) is 3.08. The monoisotopic (exact) mass is 411 g/mol. The van der Waals surface area contributed by atoms with Crippen LogP contribution in [0.3, 0.4) is 0 Å². The van der Waals surface area contributed by atoms with Gasteiger partial charge in [-0.3, -0.25) is 9.30 Å². The summed E-state index contributed by atoms with van der Waals surface area (Å²) >= 11 is 3.37. The molecule has 0 unspecified atom stereocenters. The Morgan fingerprint density at radius 2 is 2.04 bits per heavy atom. The first kappa shape index (κ1) is 18.1. The van der Waals surface area contributed by atoms with Gasteiger partial charge in [-0.2, -0.15) is 0 Å². The predicted molar refractivity (Wildman–Crippen MR) is 112 cm³/mol. The third-order valence-corrected chi connectivity index (χ3v) is 7.18. The van der Waals surface area contributed by atoms with Gasteiger partial charge in [-0.25, -0.2) is 15.0 Å². The summed E-state index contributed by atoms with van der Waals surface area (Å²) in [4.78, 5) is 19.2. The number of ether oxygens (including phenoxy) is 1. The van der Waals surface area contributed by atoms with Crippen molar-refractivity contribution < 1.29 is 4.74 Å². The summed E-state index contributed by atoms with van der Waals surface area (Å²) in [5.41, 5.74) is 2.35. The van der Waals surface area contributed by atoms with E-state index >= 15 is 0 Å². The molecular weight excluding hydrogens is 390 g/mol. The summed E-state index contributed by atoms with van der Waals surface area (Å²) in [6.45, 7) is 8.48. The molecule has 1 fully saturated rings. The number of hydrogen-bond acceptors (Lipinski definition) is 7. The molecule has 0 radical (unpaired) electrons. The largest absolute Gasteiger partial charge is 0.379 e. The number of morpholine rings is 1. The summed E-state index contributed by atoms with van der Waals surface area (Å²) in [7, 11) is 0. The minimum Gasteiger partial charge on any atom is -0.379 e. The first-order chi connectivity index (χ1) is 13.7. The van der Waals surface area contributed by atoms with Crippen molar-refractivity contribution in [3.05, 3.63) is 46.9 Å². The van der Waals surface area contributed by atoms with Crippen LogP contribution in [0.2, 0.25) is 0 Å². The van der Waals surface area contributed by atoms with E-state index in [-0.39, 0.29) is 0 Å². The molecular formula is C20H21N5OS2. The Labute approximate surface area is 171 Å². The van der Waals surface area contributed by atoms with Crippen molar-refractivity contribution >= 4 is 38.8 Å². The van der Waals surface area contributed by atoms with Crippen LogP contribution in [0.1, 0.15) is 16.3 Å². The molecule has 4 aromatic heterocycles. The fraction of sp³-hybridized carbons (Fsp3) is 0.350. The smallest absolute Gasteiger partial charge is 0.179 e. The van der Waals surface area contributed by atoms with Crippen LogP contribution in [0.5, 0.6) is 0 Å². The molecule has 0 aromatic carbocycles. The quantitative estimate of drug-likeness (QED) is 0.474. The van der Waals surface area contributed by atoms with Gasteiger partial charge in [0.05, 0.1) is 31.5 Å². The number of nitrogens with zero attached hydrogens (tertiary/aromatic N) is 5. The van der Waals surface area contributed by atoms with Gasteiger partial charge in [-0.05, 0) is 43.3 Å². The van der Waals surface area contributed by atoms with Gasteiger partial charge in [0.1, 0.15) is 15.7 Å². The molecule has 1 aliphatic rings. The Balaban J connectivity index is 1.57. The third kappa shape index (κ3) is 3.30. The van der Waals surface area contributed by atoms with Gasteiger partial charge < -0.3 is 4.74 Å². The molecule has 0 N–H and O–H groups in total. The van der Waals surface area contributed by atoms with E-state index in [1.807, 2.05) is 24.5 Å². The molecule has 0 saturated carbocycles. The third-order valence-electron chi connectivity index (χ3n) is 5.10. The van der Waals surface area contributed by atoms with Crippen LogP contribution in [0.4, 0.5) is 0 Å². The summed E-state index contributed by atoms with van der Waals surface area (Å²) in [6.07, 6.45) is 3.95. The topological polar surface area (TPSA) is 55.5 Å². The molecule has 0 spiro atoms. The van der Waals surface area contributed by atoms with E-state index in [0.717, 1.165) is 64.6 Å². The minimum absolute atomic E-state index is 0.755. The molecule has 0 aliphatic carbocycles. The van der Waals surface area contributed by atoms with Crippen molar-refractivity contribution in [3.8, 4) is 0 Å². The Bertz CT molecular complexity index is 1150. The Kier molecular flexibility index (Phi) is 4.80. The lowest BCUT2D eigenvalue weighted by Gasteiger charge is -2.25. The van der Waals surface area contributed by atoms with Crippen LogP contribution in [0.15, 0.2) is 40.8 Å². The van der Waals surface area contributed by atoms with Gasteiger partial charge >= 0.3 is 0 Å². The highest BCUT2D eigenvalue weighted by molar-refractivity contribution is 7.99. The van der Waals surface area contributed by atoms with Gasteiger partial charge in [0, 0.05) is 29.5 Å². The van der Waals surface area contributed by atoms with E-state index < -0.39 is 0 Å². The maximum atomic E-state index is 5.47. The number of aromatic nitrogens is 4. The number of aryl methyl sites for hydroxylation is 2. The molecule has 28 heavy (non-hydrogen) atoms. The molecule has 5 rings (SSSR count). The molecule has 6 nitrogen and oxygen atoms in total. The average Bonchev–Trinajstić information content (AvgIpc) is 3.24. The van der Waals surface area contributed by atoms with Crippen LogP contribution >= 0.6 is 23.1 Å². The highest BCUT2D eigenvalue weighted by Crippen LogP contribution is 2.37. The lowest BCUT2D eigenvalue weighted by atomic mass is 10.2. The first-order valence-corrected chi connectivity index (χ1v) is 11.0. The van der Waals surface area contributed by atoms with Crippen LogP contribution in [0.25, 0.3) is 15.7 Å². The summed E-state index contributed by atoms with van der Waals surface area (Å²) in [5.74, 6) is 0.874. The molecule has 144 valence electrons. The highest BCUT2D eigenvalue weighted by atomic mass is 32.2. The second-order valence-corrected chi connectivity index (χ2v) is 9.09. The molecule has 1 aliphatic heterocycles. The fourth-order valence-electron chi connectivity index (χ4n) is 3.44. The number of fused-ring (bicyclic) bond motifs is 2. The second kappa shape index (κ2) is 7.44. The van der Waals surface area contributed by atoms with Crippen molar-refractivity contribution in [1.82, 2.24) is 24.3 Å². The number of thiophene rings is 1. The molecule has 8 heteroatoms. The van der Waals surface area contributed by atoms with Crippen LogP contribution in [-0.4, -0.2) is 50.6 Å². The zero-order chi connectivity index (χ0) is 19.1. The van der Waals surface area contributed by atoms with Crippen LogP contribution in [-0.2, 0) is 11.3 Å². The minimum atomic E-state index is 0.755. The predicted octanol–water partition coefficient (Wildman–Crippen LogP) is 3.94. The normalized spacial score (nSPS) is 15.6. The van der Waals surface area contributed by atoms with Crippen molar-refractivity contribution in [2.45, 2.75) is 30.6 Å². The van der Waals surface area contributed by atoms with E-state index in [1.54, 1.807) is 23.1 Å². The van der Waals surface area contributed by atoms with Crippen molar-refractivity contribution in [3.63, 3.8) is 0 Å². The van der Waals surface area contributed by atoms with E-state index in [9.17, 15) is 0 Å². The summed E-state index contributed by atoms with van der Waals surface area (Å²) < 4.78 is 7.57. The van der Waals surface area contributed by atoms with Gasteiger partial charge in [0.2, 0.25) is 0 Å². The maximum Gasteiger partial charge on any atom is 0.179 e. The lowest BCUT2D eigenvalue weighted by molar-refractivity contribution is 0.0330. The standard InChI is InChI=1S/C20H21N5OS2/c1-13-14(2)27-18-17(13)19(23-16(22-18)12-24-7-9-26-10-8-24)28-20-21-11-15-5-3-4-6-25(15)20/h3-6,11H,7-10,12H2,1-2H3. The van der Waals surface area contributed by atoms with Crippen LogP contribution in [0, 0.1) is 13.8 Å². The van der Waals surface area contributed by atoms with Crippen molar-refractivity contribution in [2.75, 3.05) is 26.3 Å². The molecule has 0 amide bonds. The van der Waals surface area contributed by atoms with Crippen LogP contribution < -0.4 is 0 Å². The molecule has 1 saturated heterocycles. The molecule has 4 aromatic rings. The Morgan fingerprint density at radius 3 is 2.89 bits per heavy atom. The molecule has 5 heterocycles. The SMILES string of the molecule is Cc1sc2nc(CN3CCOCC3)nc(Sc3ncc4ccccn34)c2c1C. The van der Waals surface area contributed by atoms with Gasteiger partial charge in [-0.1, -0.05) is 6.07 Å². The number of hydrogen-bond donors (Lipinski definition) is 0. The average molecular weight is 412 g/mol. The van der Waals surface area contributed by atoms with E-state index in [2.05, 4.69) is 34.2 Å². The second-order valence-electron chi connectivity index (χ2n) is 6.94. The molecule has 0 bridgehead atoms. The number of pyridine rings is 1. The first-order valence-electron chi connectivity index (χ1n) is 9.36. The number of rotatable bonds is 4. The van der Waals surface area contributed by atoms with E-state index in [1.165, 1.54) is 10.4 Å². The zero-order valence-corrected chi connectivity index (χ0v) is 17.5. The number of imidazole rings is 1. The van der Waals surface area contributed by atoms with Crippen molar-refractivity contribution in [2.24, 2.45) is 0 Å². The van der Waals surface area contributed by atoms with Gasteiger partial charge in [0.15, 0.2) is 5.16 Å². The fourth-order valence-corrected chi connectivity index (χ4v) is 5.60. The highest BCUT2D eigenvalue weighted by Gasteiger charge is 2.19. The zero-order valence-electron chi connectivity index (χ0n) is 15.9. The Morgan fingerprint density at radius 1 is 1.18 bits per heavy atom.